The van der Waals surface area contributed by atoms with Gasteiger partial charge in [-0.3, -0.25) is 37.0 Å². The number of phosphoric ester groups is 1. The molecule has 21 nitrogen and oxygen atoms in total. The summed E-state index contributed by atoms with van der Waals surface area (Å²) in [4.78, 5) is 62.5. The van der Waals surface area contributed by atoms with Crippen LogP contribution in [-0.4, -0.2) is 96.5 Å². The van der Waals surface area contributed by atoms with E-state index < -0.39 is 94.3 Å². The van der Waals surface area contributed by atoms with Crippen molar-refractivity contribution in [3.05, 3.63) is 105 Å². The van der Waals surface area contributed by atoms with Gasteiger partial charge in [0.15, 0.2) is 36.3 Å². The van der Waals surface area contributed by atoms with Crippen molar-refractivity contribution in [3.63, 3.8) is 0 Å². The van der Waals surface area contributed by atoms with Crippen LogP contribution in [0.1, 0.15) is 73.8 Å². The van der Waals surface area contributed by atoms with Gasteiger partial charge < -0.3 is 29.6 Å². The number of aromatic amines is 1. The number of H-pyrrole nitrogens is 1. The topological polar surface area (TPSA) is 270 Å². The van der Waals surface area contributed by atoms with Crippen LogP contribution in [0.4, 0.5) is 14.6 Å². The molecule has 6 heterocycles. The Morgan fingerprint density at radius 3 is 2.34 bits per heavy atom. The lowest BCUT2D eigenvalue weighted by Crippen LogP contribution is -2.36. The van der Waals surface area contributed by atoms with Crippen molar-refractivity contribution in [2.24, 2.45) is 0 Å². The van der Waals surface area contributed by atoms with E-state index in [1.807, 2.05) is 4.98 Å². The fourth-order valence-corrected chi connectivity index (χ4v) is 11.8. The van der Waals surface area contributed by atoms with E-state index in [2.05, 4.69) is 21.9 Å². The number of carbonyl (C=O) groups is 1. The van der Waals surface area contributed by atoms with Crippen LogP contribution in [-0.2, 0) is 42.5 Å². The lowest BCUT2D eigenvalue weighted by atomic mass is 10.1. The number of hydrogen-bond donors (Lipinski definition) is 3. The van der Waals surface area contributed by atoms with Crippen LogP contribution in [0, 0.1) is 0 Å². The monoisotopic (exact) mass is 993 g/mol. The summed E-state index contributed by atoms with van der Waals surface area (Å²) in [6, 6.07) is 13.7. The Morgan fingerprint density at radius 2 is 1.58 bits per heavy atom. The van der Waals surface area contributed by atoms with Crippen LogP contribution in [0.5, 0.6) is 11.5 Å². The van der Waals surface area contributed by atoms with Gasteiger partial charge >= 0.3 is 26.3 Å². The zero-order chi connectivity index (χ0) is 47.3. The van der Waals surface area contributed by atoms with E-state index in [9.17, 15) is 28.4 Å². The summed E-state index contributed by atoms with van der Waals surface area (Å²) in [5.41, 5.74) is 5.04. The molecule has 2 unspecified atom stereocenters. The number of ether oxygens (including phenoxy) is 4. The van der Waals surface area contributed by atoms with Crippen LogP contribution in [0.25, 0.3) is 11.2 Å². The first-order valence-corrected chi connectivity index (χ1v) is 25.9. The number of nitrogens with one attached hydrogen (secondary N) is 1. The third-order valence-electron chi connectivity index (χ3n) is 11.0. The molecule has 2 bridgehead atoms. The highest BCUT2D eigenvalue weighted by molar-refractivity contribution is 8.54. The Hall–Kier alpha value is -4.87. The number of imidazole rings is 1. The summed E-state index contributed by atoms with van der Waals surface area (Å²) in [5.74, 6) is 0.0529. The van der Waals surface area contributed by atoms with Crippen molar-refractivity contribution in [3.8, 4) is 11.5 Å². The molecular formula is C41H47F2N7O14P2S. The Balaban J connectivity index is 0.988. The molecule has 10 atom stereocenters. The number of nitrogen functional groups attached to an aromatic ring is 1. The quantitative estimate of drug-likeness (QED) is 0.0446. The van der Waals surface area contributed by atoms with Gasteiger partial charge in [-0.05, 0) is 59.8 Å². The van der Waals surface area contributed by atoms with Gasteiger partial charge in [0.2, 0.25) is 0 Å². The Morgan fingerprint density at radius 1 is 0.866 bits per heavy atom. The molecule has 3 saturated heterocycles. The van der Waals surface area contributed by atoms with E-state index in [0.717, 1.165) is 31.4 Å². The van der Waals surface area contributed by atoms with E-state index in [1.165, 1.54) is 48.7 Å². The molecule has 67 heavy (non-hydrogen) atoms. The molecule has 2 aromatic carbocycles. The smallest absolute Gasteiger partial charge is 0.472 e. The summed E-state index contributed by atoms with van der Waals surface area (Å²) < 4.78 is 108. The van der Waals surface area contributed by atoms with Gasteiger partial charge in [-0.2, -0.15) is 0 Å². The Labute approximate surface area is 384 Å². The van der Waals surface area contributed by atoms with Gasteiger partial charge in [-0.15, -0.1) is 0 Å². The number of esters is 1. The van der Waals surface area contributed by atoms with E-state index >= 15 is 8.78 Å². The molecule has 0 radical (unpaired) electrons. The molecule has 4 N–H and O–H groups in total. The maximum atomic E-state index is 16.5. The molecule has 0 amide bonds. The molecule has 0 saturated carbocycles. The summed E-state index contributed by atoms with van der Waals surface area (Å²) >= 11 is 0.573. The normalized spacial score (nSPS) is 28.8. The van der Waals surface area contributed by atoms with E-state index in [0.29, 0.717) is 39.4 Å². The number of nitrogens with two attached hydrogens (primary N) is 1. The lowest BCUT2D eigenvalue weighted by molar-refractivity contribution is -0.0640. The number of carbonyl (C=O) groups excluding carboxylic acids is 1. The molecule has 26 heteroatoms. The minimum Gasteiger partial charge on any atom is -0.494 e. The first-order valence-electron chi connectivity index (χ1n) is 21.3. The third kappa shape index (κ3) is 11.5. The molecule has 3 aliphatic rings. The van der Waals surface area contributed by atoms with E-state index in [1.54, 1.807) is 36.4 Å². The van der Waals surface area contributed by atoms with Gasteiger partial charge in [-0.1, -0.05) is 51.2 Å². The first-order chi connectivity index (χ1) is 32.2. The fourth-order valence-electron chi connectivity index (χ4n) is 7.52. The largest absolute Gasteiger partial charge is 0.494 e. The molecule has 5 aromatic rings. The molecule has 3 aromatic heterocycles. The number of unbranched alkanes of at least 4 members (excludes halogenated alkanes) is 5. The van der Waals surface area contributed by atoms with Crippen LogP contribution in [0.2, 0.25) is 0 Å². The van der Waals surface area contributed by atoms with Gasteiger partial charge in [0.05, 0.1) is 31.7 Å². The average molecular weight is 994 g/mol. The predicted molar refractivity (Wildman–Crippen MR) is 236 cm³/mol. The van der Waals surface area contributed by atoms with Crippen molar-refractivity contribution < 1.29 is 64.6 Å². The number of anilines is 1. The highest BCUT2D eigenvalue weighted by Crippen LogP contribution is 2.65. The van der Waals surface area contributed by atoms with Crippen molar-refractivity contribution in [2.75, 3.05) is 25.6 Å². The highest BCUT2D eigenvalue weighted by atomic mass is 32.7. The van der Waals surface area contributed by atoms with Gasteiger partial charge in [0.25, 0.3) is 5.56 Å². The van der Waals surface area contributed by atoms with Crippen molar-refractivity contribution >= 4 is 49.0 Å². The minimum absolute atomic E-state index is 0.0229. The number of benzene rings is 2. The maximum Gasteiger partial charge on any atom is 0.472 e. The Bertz CT molecular complexity index is 2730. The lowest BCUT2D eigenvalue weighted by Gasteiger charge is -2.27. The predicted octanol–water partition coefficient (Wildman–Crippen LogP) is 6.35. The minimum atomic E-state index is -5.29. The van der Waals surface area contributed by atoms with Gasteiger partial charge in [-0.25, -0.2) is 42.5 Å². The highest BCUT2D eigenvalue weighted by Gasteiger charge is 2.55. The number of rotatable bonds is 15. The summed E-state index contributed by atoms with van der Waals surface area (Å²) in [6.45, 7) is -3.74. The third-order valence-corrected chi connectivity index (χ3v) is 15.6. The van der Waals surface area contributed by atoms with Crippen molar-refractivity contribution in [2.45, 2.75) is 100 Å². The SMILES string of the molecule is CCCCCCCCOc1ccc(C(=O)Oc2ccc(CSP3(=O)OC[C@H]4O[C@@H](n5cnc6c(N)ncnc65)[C@H](OP(=O)(O)OC[C@H]5O[C@@H](n6ccc(=O)[nH]c6=O)[C@H](F)[C@@H]5O3)[C@@H]4F)cc2)cc1. The Kier molecular flexibility index (Phi) is 15.4. The summed E-state index contributed by atoms with van der Waals surface area (Å²) in [6.07, 6.45) is -5.04. The van der Waals surface area contributed by atoms with Crippen LogP contribution >= 0.6 is 26.0 Å². The van der Waals surface area contributed by atoms with Crippen molar-refractivity contribution in [1.29, 1.82) is 0 Å². The molecule has 0 spiro atoms. The number of halogens is 2. The van der Waals surface area contributed by atoms with E-state index in [-0.39, 0.29) is 28.5 Å². The second-order valence-electron chi connectivity index (χ2n) is 15.7. The molecule has 3 aliphatic heterocycles. The average Bonchev–Trinajstić information content (AvgIpc) is 3.97. The number of alkyl halides is 2. The standard InChI is InChI=1S/C41H47F2N7O14P2S/c1-2-3-4-5-6-7-18-57-26-14-10-25(11-15-26)40(52)60-27-12-8-24(9-13-27)21-67-66(56)59-19-28-31(42)35(39(61-28)50-23-47-33-36(44)45-22-46-37(33)50)63-65(54,55)58-20-29-34(64-66)32(43)38(62-29)49-17-16-30(51)48-41(49)53/h8-17,22-23,28-29,31-32,34-35,38-39H,2-7,18-21H2,1H3,(H,54,55)(H2,44,45,46)(H,48,51,53)/t28-,29-,31-,32-,34-,35-,38-,39-,66?/m1/s1. The zero-order valence-electron chi connectivity index (χ0n) is 35.7. The number of phosphoric acid groups is 1. The van der Waals surface area contributed by atoms with Crippen molar-refractivity contribution in [1.82, 2.24) is 29.1 Å². The number of aromatic nitrogens is 6. The molecule has 0 aliphatic carbocycles. The second kappa shape index (κ2) is 21.2. The molecule has 8 rings (SSSR count). The van der Waals surface area contributed by atoms with Crippen LogP contribution < -0.4 is 26.5 Å². The first kappa shape index (κ1) is 48.6. The summed E-state index contributed by atoms with van der Waals surface area (Å²) in [5, 5.41) is 0. The molecule has 3 fully saturated rings. The van der Waals surface area contributed by atoms with Gasteiger partial charge in [0.1, 0.15) is 47.8 Å². The number of hydrogen-bond acceptors (Lipinski definition) is 18. The van der Waals surface area contributed by atoms with Crippen LogP contribution in [0.3, 0.4) is 0 Å². The summed E-state index contributed by atoms with van der Waals surface area (Å²) in [7, 11) is -5.29. The number of fused-ring (bicyclic) bond motifs is 4. The number of nitrogens with zero attached hydrogens (tertiary/aromatic N) is 5. The van der Waals surface area contributed by atoms with Gasteiger partial charge in [0, 0.05) is 18.0 Å². The molecule has 360 valence electrons. The van der Waals surface area contributed by atoms with E-state index in [4.69, 9.17) is 42.8 Å². The van der Waals surface area contributed by atoms with Crippen LogP contribution in [0.15, 0.2) is 83.0 Å². The molecular weight excluding hydrogens is 946 g/mol. The second-order valence-corrected chi connectivity index (χ2v) is 21.1. The fraction of sp³-hybridized carbons (Fsp3) is 0.463. The zero-order valence-corrected chi connectivity index (χ0v) is 38.3. The maximum absolute atomic E-state index is 16.5.